The molecule has 0 fully saturated rings. The van der Waals surface area contributed by atoms with Crippen LogP contribution in [-0.4, -0.2) is 16.4 Å². The number of nitrogens with two attached hydrogens (primary N) is 1. The summed E-state index contributed by atoms with van der Waals surface area (Å²) in [5, 5.41) is 4.16. The number of rotatable bonds is 5. The monoisotopic (exact) mass is 245 g/mol. The van der Waals surface area contributed by atoms with Gasteiger partial charge in [0.05, 0.1) is 11.7 Å². The van der Waals surface area contributed by atoms with Crippen molar-refractivity contribution >= 4 is 0 Å². The summed E-state index contributed by atoms with van der Waals surface area (Å²) in [4.78, 5) is 0. The van der Waals surface area contributed by atoms with Crippen molar-refractivity contribution in [3.8, 4) is 0 Å². The highest BCUT2D eigenvalue weighted by Crippen LogP contribution is 2.29. The molecule has 0 bridgehead atoms. The van der Waals surface area contributed by atoms with E-state index in [1.54, 1.807) is 10.9 Å². The number of aromatic nitrogens is 2. The molecular weight excluding hydrogens is 226 g/mol. The summed E-state index contributed by atoms with van der Waals surface area (Å²) < 4.78 is 7.59. The lowest BCUT2D eigenvalue weighted by Crippen LogP contribution is -2.24. The van der Waals surface area contributed by atoms with Crippen LogP contribution in [0, 0.1) is 0 Å². The van der Waals surface area contributed by atoms with E-state index in [-0.39, 0.29) is 12.1 Å². The van der Waals surface area contributed by atoms with Gasteiger partial charge in [-0.2, -0.15) is 5.10 Å². The first kappa shape index (κ1) is 12.8. The smallest absolute Gasteiger partial charge is 0.103 e. The summed E-state index contributed by atoms with van der Waals surface area (Å²) in [6, 6.07) is 11.8. The third kappa shape index (κ3) is 2.60. The summed E-state index contributed by atoms with van der Waals surface area (Å²) in [5.74, 6) is 0. The van der Waals surface area contributed by atoms with Crippen LogP contribution in [0.3, 0.4) is 0 Å². The number of ether oxygens (including phenoxy) is 1. The average molecular weight is 245 g/mol. The van der Waals surface area contributed by atoms with Gasteiger partial charge in [-0.25, -0.2) is 0 Å². The van der Waals surface area contributed by atoms with Crippen molar-refractivity contribution in [3.63, 3.8) is 0 Å². The summed E-state index contributed by atoms with van der Waals surface area (Å²) in [5.41, 5.74) is 8.38. The molecule has 0 aliphatic carbocycles. The predicted molar refractivity (Wildman–Crippen MR) is 70.9 cm³/mol. The molecule has 0 saturated heterocycles. The molecule has 2 N–H and O–H groups in total. The van der Waals surface area contributed by atoms with Crippen LogP contribution in [0.15, 0.2) is 42.6 Å². The molecule has 4 nitrogen and oxygen atoms in total. The Labute approximate surface area is 107 Å². The van der Waals surface area contributed by atoms with Crippen molar-refractivity contribution in [2.75, 3.05) is 6.61 Å². The highest BCUT2D eigenvalue weighted by atomic mass is 16.5. The second-order valence-corrected chi connectivity index (χ2v) is 4.19. The van der Waals surface area contributed by atoms with Gasteiger partial charge in [-0.05, 0) is 18.6 Å². The molecule has 0 spiro atoms. The van der Waals surface area contributed by atoms with Crippen LogP contribution in [0.5, 0.6) is 0 Å². The molecule has 18 heavy (non-hydrogen) atoms. The van der Waals surface area contributed by atoms with E-state index in [9.17, 15) is 0 Å². The minimum absolute atomic E-state index is 0.147. The zero-order valence-electron chi connectivity index (χ0n) is 10.8. The van der Waals surface area contributed by atoms with Gasteiger partial charge in [0, 0.05) is 19.9 Å². The number of aryl methyl sites for hydroxylation is 1. The van der Waals surface area contributed by atoms with Gasteiger partial charge in [0.2, 0.25) is 0 Å². The summed E-state index contributed by atoms with van der Waals surface area (Å²) >= 11 is 0. The van der Waals surface area contributed by atoms with Gasteiger partial charge in [-0.3, -0.25) is 4.68 Å². The van der Waals surface area contributed by atoms with Crippen molar-refractivity contribution in [1.29, 1.82) is 0 Å². The number of benzene rings is 1. The maximum absolute atomic E-state index is 6.32. The molecule has 2 atom stereocenters. The van der Waals surface area contributed by atoms with Crippen LogP contribution in [0.25, 0.3) is 0 Å². The summed E-state index contributed by atoms with van der Waals surface area (Å²) in [6.45, 7) is 2.61. The van der Waals surface area contributed by atoms with Crippen molar-refractivity contribution in [2.45, 2.75) is 19.1 Å². The first-order valence-electron chi connectivity index (χ1n) is 6.14. The Kier molecular flexibility index (Phi) is 4.12. The van der Waals surface area contributed by atoms with Crippen LogP contribution >= 0.6 is 0 Å². The Bertz CT molecular complexity index is 481. The van der Waals surface area contributed by atoms with E-state index in [0.717, 1.165) is 11.3 Å². The average Bonchev–Trinajstić information content (AvgIpc) is 2.82. The van der Waals surface area contributed by atoms with E-state index in [0.29, 0.717) is 6.61 Å². The van der Waals surface area contributed by atoms with Crippen molar-refractivity contribution in [3.05, 3.63) is 53.9 Å². The lowest BCUT2D eigenvalue weighted by molar-refractivity contribution is 0.0411. The number of nitrogens with zero attached hydrogens (tertiary/aromatic N) is 2. The molecular formula is C14H19N3O. The molecule has 0 saturated carbocycles. The van der Waals surface area contributed by atoms with Crippen LogP contribution in [0.4, 0.5) is 0 Å². The molecule has 0 radical (unpaired) electrons. The van der Waals surface area contributed by atoms with E-state index in [1.807, 2.05) is 50.4 Å². The largest absolute Gasteiger partial charge is 0.372 e. The minimum atomic E-state index is -0.222. The first-order chi connectivity index (χ1) is 8.74. The van der Waals surface area contributed by atoms with E-state index in [1.165, 1.54) is 0 Å². The molecule has 4 heteroatoms. The Morgan fingerprint density at radius 2 is 2.00 bits per heavy atom. The first-order valence-corrected chi connectivity index (χ1v) is 6.14. The van der Waals surface area contributed by atoms with Gasteiger partial charge in [-0.1, -0.05) is 30.3 Å². The third-order valence-electron chi connectivity index (χ3n) is 3.00. The number of hydrogen-bond acceptors (Lipinski definition) is 3. The van der Waals surface area contributed by atoms with Crippen molar-refractivity contribution in [2.24, 2.45) is 12.8 Å². The Balaban J connectivity index is 2.28. The van der Waals surface area contributed by atoms with Crippen LogP contribution < -0.4 is 5.73 Å². The van der Waals surface area contributed by atoms with Gasteiger partial charge >= 0.3 is 0 Å². The fourth-order valence-corrected chi connectivity index (χ4v) is 2.10. The summed E-state index contributed by atoms with van der Waals surface area (Å²) in [6.07, 6.45) is 1.61. The molecule has 1 aromatic heterocycles. The predicted octanol–water partition coefficient (Wildman–Crippen LogP) is 2.20. The molecule has 0 aliphatic rings. The van der Waals surface area contributed by atoms with Gasteiger partial charge in [0.1, 0.15) is 6.10 Å². The van der Waals surface area contributed by atoms with E-state index in [2.05, 4.69) is 5.10 Å². The third-order valence-corrected chi connectivity index (χ3v) is 3.00. The zero-order valence-corrected chi connectivity index (χ0v) is 10.8. The van der Waals surface area contributed by atoms with Gasteiger partial charge in [-0.15, -0.1) is 0 Å². The molecule has 2 rings (SSSR count). The number of hydrogen-bond donors (Lipinski definition) is 1. The lowest BCUT2D eigenvalue weighted by atomic mass is 10.0. The molecule has 2 aromatic rings. The highest BCUT2D eigenvalue weighted by molar-refractivity contribution is 5.22. The Hall–Kier alpha value is -1.65. The molecule has 2 unspecified atom stereocenters. The second-order valence-electron chi connectivity index (χ2n) is 4.19. The van der Waals surface area contributed by atoms with E-state index >= 15 is 0 Å². The maximum Gasteiger partial charge on any atom is 0.103 e. The maximum atomic E-state index is 6.32. The molecule has 1 aromatic carbocycles. The van der Waals surface area contributed by atoms with Gasteiger partial charge in [0.15, 0.2) is 0 Å². The van der Waals surface area contributed by atoms with Gasteiger partial charge < -0.3 is 10.5 Å². The lowest BCUT2D eigenvalue weighted by Gasteiger charge is -2.24. The molecule has 0 aliphatic heterocycles. The highest BCUT2D eigenvalue weighted by Gasteiger charge is 2.23. The fourth-order valence-electron chi connectivity index (χ4n) is 2.10. The topological polar surface area (TPSA) is 53.1 Å². The Morgan fingerprint density at radius 1 is 1.28 bits per heavy atom. The van der Waals surface area contributed by atoms with Crippen LogP contribution in [-0.2, 0) is 11.8 Å². The molecule has 0 amide bonds. The van der Waals surface area contributed by atoms with Gasteiger partial charge in [0.25, 0.3) is 0 Å². The Morgan fingerprint density at radius 3 is 2.56 bits per heavy atom. The van der Waals surface area contributed by atoms with E-state index in [4.69, 9.17) is 10.5 Å². The van der Waals surface area contributed by atoms with E-state index < -0.39 is 0 Å². The normalized spacial score (nSPS) is 14.4. The van der Waals surface area contributed by atoms with Crippen LogP contribution in [0.2, 0.25) is 0 Å². The summed E-state index contributed by atoms with van der Waals surface area (Å²) in [7, 11) is 1.89. The zero-order chi connectivity index (χ0) is 13.0. The van der Waals surface area contributed by atoms with Crippen molar-refractivity contribution in [1.82, 2.24) is 9.78 Å². The molecule has 1 heterocycles. The molecule has 96 valence electrons. The quantitative estimate of drug-likeness (QED) is 0.878. The fraction of sp³-hybridized carbons (Fsp3) is 0.357. The second kappa shape index (κ2) is 5.80. The SMILES string of the molecule is CCOC(c1ccccc1)C(N)c1ccnn1C. The van der Waals surface area contributed by atoms with Crippen LogP contribution in [0.1, 0.15) is 30.3 Å². The van der Waals surface area contributed by atoms with Crippen molar-refractivity contribution < 1.29 is 4.74 Å². The standard InChI is InChI=1S/C14H19N3O/c1-3-18-14(11-7-5-4-6-8-11)13(15)12-9-10-16-17(12)2/h4-10,13-14H,3,15H2,1-2H3. The minimum Gasteiger partial charge on any atom is -0.372 e.